The number of sulfonamides is 1. The number of carbonyl (C=O) groups excluding carboxylic acids is 2. The fraction of sp³-hybridized carbons (Fsp3) is 0.278. The van der Waals surface area contributed by atoms with Gasteiger partial charge in [0.2, 0.25) is 11.8 Å². The lowest BCUT2D eigenvalue weighted by Gasteiger charge is -2.34. The van der Waals surface area contributed by atoms with Crippen LogP contribution >= 0.6 is 15.9 Å². The van der Waals surface area contributed by atoms with E-state index in [1.807, 2.05) is 54.6 Å². The number of carbonyl (C=O) groups is 2. The number of benzene rings is 4. The Balaban J connectivity index is 1.58. The Hall–Kier alpha value is -4.15. The summed E-state index contributed by atoms with van der Waals surface area (Å²) in [7, 11) is -2.77. The minimum Gasteiger partial charge on any atom is -0.495 e. The van der Waals surface area contributed by atoms with Gasteiger partial charge in [0, 0.05) is 23.5 Å². The van der Waals surface area contributed by atoms with E-state index in [4.69, 9.17) is 4.74 Å². The minimum absolute atomic E-state index is 0.0343. The van der Waals surface area contributed by atoms with Gasteiger partial charge in [-0.25, -0.2) is 8.42 Å². The van der Waals surface area contributed by atoms with Crippen molar-refractivity contribution < 1.29 is 22.7 Å². The Morgan fingerprint density at radius 3 is 2.17 bits per heavy atom. The molecule has 0 aliphatic heterocycles. The van der Waals surface area contributed by atoms with Crippen LogP contribution in [0.1, 0.15) is 36.8 Å². The molecule has 0 bridgehead atoms. The number of rotatable bonds is 13. The van der Waals surface area contributed by atoms with E-state index in [0.29, 0.717) is 5.75 Å². The molecule has 0 aromatic heterocycles. The molecule has 2 amide bonds. The van der Waals surface area contributed by atoms with E-state index >= 15 is 0 Å². The van der Waals surface area contributed by atoms with E-state index in [-0.39, 0.29) is 35.5 Å². The van der Waals surface area contributed by atoms with E-state index in [1.54, 1.807) is 42.5 Å². The topological polar surface area (TPSA) is 96.0 Å². The molecular formula is C36H38BrN3O5S. The van der Waals surface area contributed by atoms with E-state index in [2.05, 4.69) is 21.2 Å². The second-order valence-corrected chi connectivity index (χ2v) is 14.1. The first-order valence-electron chi connectivity index (χ1n) is 15.4. The van der Waals surface area contributed by atoms with Gasteiger partial charge in [0.05, 0.1) is 17.7 Å². The van der Waals surface area contributed by atoms with Crippen molar-refractivity contribution in [2.75, 3.05) is 18.0 Å². The van der Waals surface area contributed by atoms with E-state index in [0.717, 1.165) is 45.6 Å². The van der Waals surface area contributed by atoms with Crippen LogP contribution in [-0.4, -0.2) is 50.9 Å². The Morgan fingerprint density at radius 1 is 0.870 bits per heavy atom. The number of amides is 2. The van der Waals surface area contributed by atoms with Gasteiger partial charge in [-0.3, -0.25) is 13.9 Å². The van der Waals surface area contributed by atoms with Crippen molar-refractivity contribution in [1.29, 1.82) is 0 Å². The van der Waals surface area contributed by atoms with E-state index in [1.165, 1.54) is 24.1 Å². The average Bonchev–Trinajstić information content (AvgIpc) is 3.59. The van der Waals surface area contributed by atoms with Crippen molar-refractivity contribution in [1.82, 2.24) is 10.2 Å². The predicted octanol–water partition coefficient (Wildman–Crippen LogP) is 6.35. The van der Waals surface area contributed by atoms with E-state index in [9.17, 15) is 18.0 Å². The molecule has 4 aromatic carbocycles. The molecule has 1 N–H and O–H groups in total. The number of ether oxygens (including phenoxy) is 1. The van der Waals surface area contributed by atoms with Crippen LogP contribution in [0.2, 0.25) is 0 Å². The molecule has 0 heterocycles. The normalized spacial score (nSPS) is 14.0. The van der Waals surface area contributed by atoms with Gasteiger partial charge in [0.1, 0.15) is 18.3 Å². The first kappa shape index (κ1) is 33.2. The van der Waals surface area contributed by atoms with Gasteiger partial charge in [-0.1, -0.05) is 102 Å². The van der Waals surface area contributed by atoms with Crippen LogP contribution in [0.5, 0.6) is 5.75 Å². The molecule has 240 valence electrons. The zero-order valence-electron chi connectivity index (χ0n) is 25.7. The molecule has 0 radical (unpaired) electrons. The molecular weight excluding hydrogens is 666 g/mol. The number of halogens is 1. The van der Waals surface area contributed by atoms with Crippen molar-refractivity contribution in [3.05, 3.63) is 125 Å². The molecule has 8 nitrogen and oxygen atoms in total. The molecule has 1 saturated carbocycles. The van der Waals surface area contributed by atoms with Crippen molar-refractivity contribution in [3.8, 4) is 5.75 Å². The molecule has 1 atom stereocenters. The van der Waals surface area contributed by atoms with Gasteiger partial charge in [0.25, 0.3) is 10.0 Å². The number of nitrogens with one attached hydrogen (secondary N) is 1. The third-order valence-corrected chi connectivity index (χ3v) is 10.4. The van der Waals surface area contributed by atoms with Crippen LogP contribution < -0.4 is 14.4 Å². The van der Waals surface area contributed by atoms with Crippen LogP contribution in [0.15, 0.2) is 119 Å². The summed E-state index contributed by atoms with van der Waals surface area (Å²) in [6, 6.07) is 30.9. The standard InChI is InChI=1S/C36H38BrN3O5S/c1-45-34-22-11-10-21-32(34)40(46(43,44)31-19-6-3-7-20-31)26-35(41)39(25-28-15-12-16-29(37)23-28)33(24-27-13-4-2-5-14-27)36(42)38-30-17-8-9-18-30/h2-7,10-16,19-23,30,33H,8-9,17-18,24-26H2,1H3,(H,38,42)/t33-/m0/s1. The van der Waals surface area contributed by atoms with Crippen LogP contribution in [0, 0.1) is 0 Å². The first-order valence-corrected chi connectivity index (χ1v) is 17.6. The molecule has 0 unspecified atom stereocenters. The smallest absolute Gasteiger partial charge is 0.264 e. The van der Waals surface area contributed by atoms with Crippen LogP contribution in [0.4, 0.5) is 5.69 Å². The maximum absolute atomic E-state index is 14.7. The summed E-state index contributed by atoms with van der Waals surface area (Å²) < 4.78 is 35.9. The highest BCUT2D eigenvalue weighted by Gasteiger charge is 2.36. The fourth-order valence-electron chi connectivity index (χ4n) is 5.82. The molecule has 0 saturated heterocycles. The minimum atomic E-state index is -4.22. The highest BCUT2D eigenvalue weighted by molar-refractivity contribution is 9.10. The largest absolute Gasteiger partial charge is 0.495 e. The predicted molar refractivity (Wildman–Crippen MR) is 183 cm³/mol. The summed E-state index contributed by atoms with van der Waals surface area (Å²) in [5, 5.41) is 3.20. The van der Waals surface area contributed by atoms with Crippen molar-refractivity contribution in [2.24, 2.45) is 0 Å². The second kappa shape index (κ2) is 15.4. The molecule has 10 heteroatoms. The molecule has 1 fully saturated rings. The van der Waals surface area contributed by atoms with Crippen molar-refractivity contribution in [3.63, 3.8) is 0 Å². The summed E-state index contributed by atoms with van der Waals surface area (Å²) >= 11 is 3.52. The van der Waals surface area contributed by atoms with Crippen LogP contribution in [-0.2, 0) is 32.6 Å². The Morgan fingerprint density at radius 2 is 1.50 bits per heavy atom. The SMILES string of the molecule is COc1ccccc1N(CC(=O)N(Cc1cccc(Br)c1)[C@@H](Cc1ccccc1)C(=O)NC1CCCC1)S(=O)(=O)c1ccccc1. The lowest BCUT2D eigenvalue weighted by Crippen LogP contribution is -2.54. The van der Waals surface area contributed by atoms with Crippen molar-refractivity contribution in [2.45, 2.75) is 55.6 Å². The Bertz CT molecular complexity index is 1730. The van der Waals surface area contributed by atoms with Gasteiger partial charge in [0.15, 0.2) is 0 Å². The molecule has 46 heavy (non-hydrogen) atoms. The lowest BCUT2D eigenvalue weighted by molar-refractivity contribution is -0.140. The first-order chi connectivity index (χ1) is 22.3. The summed E-state index contributed by atoms with van der Waals surface area (Å²) in [6.07, 6.45) is 4.13. The Labute approximate surface area is 279 Å². The van der Waals surface area contributed by atoms with Crippen LogP contribution in [0.25, 0.3) is 0 Å². The number of nitrogens with zero attached hydrogens (tertiary/aromatic N) is 2. The number of hydrogen-bond donors (Lipinski definition) is 1. The third-order valence-electron chi connectivity index (χ3n) is 8.18. The average molecular weight is 705 g/mol. The number of para-hydroxylation sites is 2. The molecule has 4 aromatic rings. The summed E-state index contributed by atoms with van der Waals surface area (Å²) in [5.74, 6) is -0.477. The molecule has 5 rings (SSSR count). The maximum atomic E-state index is 14.7. The third kappa shape index (κ3) is 8.16. The lowest BCUT2D eigenvalue weighted by atomic mass is 10.0. The van der Waals surface area contributed by atoms with Crippen LogP contribution in [0.3, 0.4) is 0 Å². The van der Waals surface area contributed by atoms with E-state index < -0.39 is 28.5 Å². The fourth-order valence-corrected chi connectivity index (χ4v) is 7.71. The molecule has 0 spiro atoms. The second-order valence-electron chi connectivity index (χ2n) is 11.3. The maximum Gasteiger partial charge on any atom is 0.264 e. The van der Waals surface area contributed by atoms with Crippen molar-refractivity contribution >= 4 is 43.5 Å². The van der Waals surface area contributed by atoms with Gasteiger partial charge in [-0.2, -0.15) is 0 Å². The summed E-state index contributed by atoms with van der Waals surface area (Å²) in [4.78, 5) is 30.3. The van der Waals surface area contributed by atoms with Gasteiger partial charge < -0.3 is 15.0 Å². The number of hydrogen-bond acceptors (Lipinski definition) is 5. The Kier molecular flexibility index (Phi) is 11.1. The highest BCUT2D eigenvalue weighted by atomic mass is 79.9. The zero-order valence-corrected chi connectivity index (χ0v) is 28.1. The quantitative estimate of drug-likeness (QED) is 0.175. The monoisotopic (exact) mass is 703 g/mol. The zero-order chi connectivity index (χ0) is 32.5. The van der Waals surface area contributed by atoms with Gasteiger partial charge >= 0.3 is 0 Å². The van der Waals surface area contributed by atoms with Gasteiger partial charge in [-0.15, -0.1) is 0 Å². The highest BCUT2D eigenvalue weighted by Crippen LogP contribution is 2.33. The molecule has 1 aliphatic rings. The summed E-state index contributed by atoms with van der Waals surface area (Å²) in [5.41, 5.74) is 1.91. The van der Waals surface area contributed by atoms with Gasteiger partial charge in [-0.05, 0) is 60.4 Å². The number of methoxy groups -OCH3 is 1. The summed E-state index contributed by atoms with van der Waals surface area (Å²) in [6.45, 7) is -0.452. The molecule has 1 aliphatic carbocycles. The number of anilines is 1.